The third-order valence-corrected chi connectivity index (χ3v) is 5.83. The van der Waals surface area contributed by atoms with E-state index in [1.54, 1.807) is 4.90 Å². The van der Waals surface area contributed by atoms with Crippen LogP contribution in [-0.4, -0.2) is 34.7 Å². The van der Waals surface area contributed by atoms with Crippen LogP contribution in [0, 0.1) is 19.8 Å². The van der Waals surface area contributed by atoms with Gasteiger partial charge < -0.3 is 15.0 Å². The van der Waals surface area contributed by atoms with Crippen molar-refractivity contribution >= 4 is 17.5 Å². The van der Waals surface area contributed by atoms with Gasteiger partial charge in [0.1, 0.15) is 5.75 Å². The van der Waals surface area contributed by atoms with Crippen molar-refractivity contribution < 1.29 is 14.3 Å². The molecule has 1 aliphatic heterocycles. The predicted octanol–water partition coefficient (Wildman–Crippen LogP) is 3.56. The number of carbonyl (C=O) groups excluding carboxylic acids is 2. The number of amides is 2. The van der Waals surface area contributed by atoms with E-state index in [1.165, 1.54) is 0 Å². The van der Waals surface area contributed by atoms with Gasteiger partial charge in [-0.05, 0) is 45.0 Å². The Hall–Kier alpha value is -3.61. The number of nitrogens with one attached hydrogen (secondary N) is 1. The molecule has 1 atom stereocenters. The van der Waals surface area contributed by atoms with Gasteiger partial charge >= 0.3 is 0 Å². The zero-order chi connectivity index (χ0) is 22.7. The van der Waals surface area contributed by atoms with E-state index in [0.29, 0.717) is 31.1 Å². The maximum absolute atomic E-state index is 12.9. The van der Waals surface area contributed by atoms with E-state index < -0.39 is 5.92 Å². The lowest BCUT2D eigenvalue weighted by molar-refractivity contribution is -0.126. The molecule has 7 nitrogen and oxygen atoms in total. The molecule has 32 heavy (non-hydrogen) atoms. The van der Waals surface area contributed by atoms with E-state index in [0.717, 1.165) is 22.6 Å². The molecule has 2 aromatic carbocycles. The largest absolute Gasteiger partial charge is 0.492 e. The fourth-order valence-corrected chi connectivity index (χ4v) is 4.14. The molecule has 3 aromatic rings. The van der Waals surface area contributed by atoms with Gasteiger partial charge in [-0.1, -0.05) is 30.3 Å². The Morgan fingerprint density at radius 2 is 1.84 bits per heavy atom. The number of aryl methyl sites for hydroxylation is 1. The Kier molecular flexibility index (Phi) is 6.25. The lowest BCUT2D eigenvalue weighted by Crippen LogP contribution is -2.33. The molecular weight excluding hydrogens is 404 g/mol. The number of hydrogen-bond donors (Lipinski definition) is 1. The molecule has 4 rings (SSSR count). The summed E-state index contributed by atoms with van der Waals surface area (Å²) in [4.78, 5) is 27.2. The van der Waals surface area contributed by atoms with Crippen molar-refractivity contribution in [2.75, 3.05) is 18.1 Å². The van der Waals surface area contributed by atoms with Crippen LogP contribution >= 0.6 is 0 Å². The van der Waals surface area contributed by atoms with Crippen LogP contribution in [0.15, 0.2) is 54.6 Å². The SMILES string of the molecule is CCOc1ccccc1N1CC(C(=O)NCc2c(C)nn(-c3ccccc3)c2C)CC1=O. The molecule has 166 valence electrons. The summed E-state index contributed by atoms with van der Waals surface area (Å²) in [6.45, 7) is 7.08. The standard InChI is InChI=1S/C25H28N4O3/c1-4-32-23-13-9-8-12-22(23)28-16-19(14-24(28)30)25(31)26-15-21-17(2)27-29(18(21)3)20-10-6-5-7-11-20/h5-13,19H,4,14-16H2,1-3H3,(H,26,31). The average Bonchev–Trinajstić information content (AvgIpc) is 3.32. The normalized spacial score (nSPS) is 15.8. The average molecular weight is 433 g/mol. The van der Waals surface area contributed by atoms with Crippen molar-refractivity contribution in [3.05, 3.63) is 71.5 Å². The second kappa shape index (κ2) is 9.26. The first-order chi connectivity index (χ1) is 15.5. The number of ether oxygens (including phenoxy) is 1. The fourth-order valence-electron chi connectivity index (χ4n) is 4.14. The minimum absolute atomic E-state index is 0.0680. The highest BCUT2D eigenvalue weighted by Crippen LogP contribution is 2.33. The first-order valence-corrected chi connectivity index (χ1v) is 10.9. The Bertz CT molecular complexity index is 1120. The predicted molar refractivity (Wildman–Crippen MR) is 123 cm³/mol. The molecule has 2 heterocycles. The quantitative estimate of drug-likeness (QED) is 0.619. The monoisotopic (exact) mass is 432 g/mol. The zero-order valence-corrected chi connectivity index (χ0v) is 18.7. The van der Waals surface area contributed by atoms with Crippen LogP contribution in [0.2, 0.25) is 0 Å². The maximum Gasteiger partial charge on any atom is 0.227 e. The minimum Gasteiger partial charge on any atom is -0.492 e. The lowest BCUT2D eigenvalue weighted by atomic mass is 10.1. The summed E-state index contributed by atoms with van der Waals surface area (Å²) in [6, 6.07) is 17.4. The van der Waals surface area contributed by atoms with Gasteiger partial charge in [0.2, 0.25) is 11.8 Å². The molecule has 1 aliphatic rings. The highest BCUT2D eigenvalue weighted by molar-refractivity contribution is 6.01. The number of hydrogen-bond acceptors (Lipinski definition) is 4. The summed E-state index contributed by atoms with van der Waals surface area (Å²) < 4.78 is 7.55. The van der Waals surface area contributed by atoms with Gasteiger partial charge in [0.25, 0.3) is 0 Å². The molecule has 1 aromatic heterocycles. The van der Waals surface area contributed by atoms with Gasteiger partial charge in [0.05, 0.1) is 29.6 Å². The Morgan fingerprint density at radius 1 is 1.12 bits per heavy atom. The summed E-state index contributed by atoms with van der Waals surface area (Å²) >= 11 is 0. The lowest BCUT2D eigenvalue weighted by Gasteiger charge is -2.20. The van der Waals surface area contributed by atoms with E-state index in [4.69, 9.17) is 4.74 Å². The van der Waals surface area contributed by atoms with Crippen molar-refractivity contribution in [1.82, 2.24) is 15.1 Å². The molecule has 0 aliphatic carbocycles. The molecule has 0 radical (unpaired) electrons. The fraction of sp³-hybridized carbons (Fsp3) is 0.320. The van der Waals surface area contributed by atoms with Gasteiger partial charge in [-0.2, -0.15) is 5.10 Å². The van der Waals surface area contributed by atoms with Crippen LogP contribution < -0.4 is 15.0 Å². The molecule has 1 N–H and O–H groups in total. The summed E-state index contributed by atoms with van der Waals surface area (Å²) in [6.07, 6.45) is 0.188. The topological polar surface area (TPSA) is 76.5 Å². The first-order valence-electron chi connectivity index (χ1n) is 10.9. The number of carbonyl (C=O) groups is 2. The third-order valence-electron chi connectivity index (χ3n) is 5.83. The highest BCUT2D eigenvalue weighted by Gasteiger charge is 2.36. The number of rotatable bonds is 7. The van der Waals surface area contributed by atoms with Crippen LogP contribution in [0.5, 0.6) is 5.75 Å². The molecule has 1 unspecified atom stereocenters. The van der Waals surface area contributed by atoms with Crippen LogP contribution in [0.4, 0.5) is 5.69 Å². The second-order valence-electron chi connectivity index (χ2n) is 7.92. The summed E-state index contributed by atoms with van der Waals surface area (Å²) in [7, 11) is 0. The summed E-state index contributed by atoms with van der Waals surface area (Å²) in [5.41, 5.74) is 4.55. The second-order valence-corrected chi connectivity index (χ2v) is 7.92. The van der Waals surface area contributed by atoms with E-state index >= 15 is 0 Å². The van der Waals surface area contributed by atoms with Gasteiger partial charge in [-0.25, -0.2) is 4.68 Å². The van der Waals surface area contributed by atoms with Crippen LogP contribution in [0.3, 0.4) is 0 Å². The first kappa shape index (κ1) is 21.6. The van der Waals surface area contributed by atoms with Gasteiger partial charge in [0, 0.05) is 30.8 Å². The smallest absolute Gasteiger partial charge is 0.227 e. The Morgan fingerprint density at radius 3 is 2.59 bits per heavy atom. The molecule has 7 heteroatoms. The van der Waals surface area contributed by atoms with E-state index in [2.05, 4.69) is 10.4 Å². The van der Waals surface area contributed by atoms with Crippen molar-refractivity contribution in [3.8, 4) is 11.4 Å². The molecule has 0 saturated carbocycles. The molecule has 0 spiro atoms. The molecule has 2 amide bonds. The van der Waals surface area contributed by atoms with Gasteiger partial charge in [-0.15, -0.1) is 0 Å². The number of benzene rings is 2. The third kappa shape index (κ3) is 4.23. The van der Waals surface area contributed by atoms with Gasteiger partial charge in [-0.3, -0.25) is 9.59 Å². The number of aromatic nitrogens is 2. The Balaban J connectivity index is 1.44. The van der Waals surface area contributed by atoms with Crippen molar-refractivity contribution in [2.45, 2.75) is 33.7 Å². The van der Waals surface area contributed by atoms with Crippen molar-refractivity contribution in [3.63, 3.8) is 0 Å². The van der Waals surface area contributed by atoms with Crippen LogP contribution in [-0.2, 0) is 16.1 Å². The Labute approximate surface area is 188 Å². The number of nitrogens with zero attached hydrogens (tertiary/aromatic N) is 3. The molecule has 0 bridgehead atoms. The molecule has 1 fully saturated rings. The molecule has 1 saturated heterocycles. The minimum atomic E-state index is -0.401. The van der Waals surface area contributed by atoms with Crippen LogP contribution in [0.25, 0.3) is 5.69 Å². The van der Waals surface area contributed by atoms with Crippen LogP contribution in [0.1, 0.15) is 30.3 Å². The number of para-hydroxylation sites is 3. The number of anilines is 1. The van der Waals surface area contributed by atoms with E-state index in [1.807, 2.05) is 80.1 Å². The highest BCUT2D eigenvalue weighted by atomic mass is 16.5. The molecular formula is C25H28N4O3. The summed E-state index contributed by atoms with van der Waals surface area (Å²) in [5, 5.41) is 7.65. The summed E-state index contributed by atoms with van der Waals surface area (Å²) in [5.74, 6) is 0.0634. The van der Waals surface area contributed by atoms with Gasteiger partial charge in [0.15, 0.2) is 0 Å². The van der Waals surface area contributed by atoms with Crippen molar-refractivity contribution in [1.29, 1.82) is 0 Å². The van der Waals surface area contributed by atoms with Crippen molar-refractivity contribution in [2.24, 2.45) is 5.92 Å². The maximum atomic E-state index is 12.9. The van der Waals surface area contributed by atoms with E-state index in [-0.39, 0.29) is 18.2 Å². The zero-order valence-electron chi connectivity index (χ0n) is 18.7. The van der Waals surface area contributed by atoms with E-state index in [9.17, 15) is 9.59 Å².